The Morgan fingerprint density at radius 2 is 1.77 bits per heavy atom. The van der Waals surface area contributed by atoms with E-state index in [-0.39, 0.29) is 6.42 Å². The highest BCUT2D eigenvalue weighted by molar-refractivity contribution is 5.73. The topological polar surface area (TPSA) is 85.5 Å². The molecule has 0 saturated heterocycles. The summed E-state index contributed by atoms with van der Waals surface area (Å²) in [5.41, 5.74) is 3.36. The fourth-order valence-electron chi connectivity index (χ4n) is 2.09. The standard InChI is InChI=1S/C16H14N2O4/c19-16(20)8-4-11-1-5-13(6-2-11)21-10-12-3-7-14-15(9-12)18-22-17-14/h1-3,5-7,9H,4,8,10H2,(H,19,20). The van der Waals surface area contributed by atoms with E-state index in [0.717, 1.165) is 16.9 Å². The third-order valence-corrected chi connectivity index (χ3v) is 3.27. The predicted octanol–water partition coefficient (Wildman–Crippen LogP) is 2.82. The number of hydrogen-bond donors (Lipinski definition) is 1. The minimum absolute atomic E-state index is 0.131. The fourth-order valence-corrected chi connectivity index (χ4v) is 2.09. The highest BCUT2D eigenvalue weighted by Crippen LogP contribution is 2.17. The number of carboxylic acid groups (broad SMARTS) is 1. The molecule has 3 aromatic rings. The van der Waals surface area contributed by atoms with Crippen LogP contribution in [0.1, 0.15) is 17.5 Å². The van der Waals surface area contributed by atoms with Crippen molar-refractivity contribution in [2.24, 2.45) is 0 Å². The van der Waals surface area contributed by atoms with Crippen molar-refractivity contribution in [2.75, 3.05) is 0 Å². The summed E-state index contributed by atoms with van der Waals surface area (Å²) in [6, 6.07) is 13.0. The fraction of sp³-hybridized carbons (Fsp3) is 0.188. The minimum atomic E-state index is -0.793. The van der Waals surface area contributed by atoms with Crippen molar-refractivity contribution in [3.05, 3.63) is 53.6 Å². The molecule has 0 aliphatic carbocycles. The molecule has 0 fully saturated rings. The summed E-state index contributed by atoms with van der Waals surface area (Å²) in [6.45, 7) is 0.414. The monoisotopic (exact) mass is 298 g/mol. The van der Waals surface area contributed by atoms with E-state index < -0.39 is 5.97 Å². The number of aliphatic carboxylic acids is 1. The van der Waals surface area contributed by atoms with E-state index in [1.54, 1.807) is 0 Å². The zero-order valence-electron chi connectivity index (χ0n) is 11.7. The number of hydrogen-bond acceptors (Lipinski definition) is 5. The molecule has 1 aromatic heterocycles. The third kappa shape index (κ3) is 3.41. The summed E-state index contributed by atoms with van der Waals surface area (Å²) in [5, 5.41) is 16.2. The Morgan fingerprint density at radius 3 is 2.55 bits per heavy atom. The van der Waals surface area contributed by atoms with E-state index in [9.17, 15) is 4.79 Å². The van der Waals surface area contributed by atoms with Gasteiger partial charge in [-0.05, 0) is 52.1 Å². The van der Waals surface area contributed by atoms with E-state index in [0.29, 0.717) is 24.1 Å². The van der Waals surface area contributed by atoms with Crippen LogP contribution >= 0.6 is 0 Å². The molecule has 1 heterocycles. The largest absolute Gasteiger partial charge is 0.489 e. The second-order valence-electron chi connectivity index (χ2n) is 4.91. The normalized spacial score (nSPS) is 10.7. The molecular formula is C16H14N2O4. The average Bonchev–Trinajstić information content (AvgIpc) is 2.99. The van der Waals surface area contributed by atoms with Gasteiger partial charge < -0.3 is 9.84 Å². The van der Waals surface area contributed by atoms with Gasteiger partial charge in [-0.1, -0.05) is 18.2 Å². The van der Waals surface area contributed by atoms with Gasteiger partial charge in [0.1, 0.15) is 23.4 Å². The highest BCUT2D eigenvalue weighted by Gasteiger charge is 2.03. The van der Waals surface area contributed by atoms with Gasteiger partial charge in [-0.25, -0.2) is 4.63 Å². The Morgan fingerprint density at radius 1 is 1.05 bits per heavy atom. The number of carboxylic acids is 1. The van der Waals surface area contributed by atoms with Gasteiger partial charge in [0.2, 0.25) is 0 Å². The molecule has 2 aromatic carbocycles. The predicted molar refractivity (Wildman–Crippen MR) is 78.5 cm³/mol. The molecule has 0 aliphatic heterocycles. The molecule has 6 heteroatoms. The van der Waals surface area contributed by atoms with Crippen molar-refractivity contribution < 1.29 is 19.3 Å². The second-order valence-corrected chi connectivity index (χ2v) is 4.91. The van der Waals surface area contributed by atoms with Gasteiger partial charge in [0.25, 0.3) is 0 Å². The lowest BCUT2D eigenvalue weighted by Crippen LogP contribution is -1.98. The van der Waals surface area contributed by atoms with E-state index in [1.165, 1.54) is 0 Å². The molecule has 22 heavy (non-hydrogen) atoms. The van der Waals surface area contributed by atoms with E-state index in [4.69, 9.17) is 9.84 Å². The number of aromatic nitrogens is 2. The first-order valence-corrected chi connectivity index (χ1v) is 6.85. The van der Waals surface area contributed by atoms with Gasteiger partial charge in [-0.15, -0.1) is 0 Å². The van der Waals surface area contributed by atoms with Crippen LogP contribution < -0.4 is 4.74 Å². The first kappa shape index (κ1) is 14.1. The maximum atomic E-state index is 10.5. The van der Waals surface area contributed by atoms with Gasteiger partial charge in [0.15, 0.2) is 0 Å². The number of nitrogens with zero attached hydrogens (tertiary/aromatic N) is 2. The van der Waals surface area contributed by atoms with Crippen LogP contribution in [0.3, 0.4) is 0 Å². The lowest BCUT2D eigenvalue weighted by Gasteiger charge is -2.07. The van der Waals surface area contributed by atoms with Crippen molar-refractivity contribution >= 4 is 17.0 Å². The number of aryl methyl sites for hydroxylation is 1. The number of carbonyl (C=O) groups is 1. The van der Waals surface area contributed by atoms with Crippen LogP contribution in [0.15, 0.2) is 47.1 Å². The zero-order valence-corrected chi connectivity index (χ0v) is 11.7. The molecule has 0 atom stereocenters. The lowest BCUT2D eigenvalue weighted by atomic mass is 10.1. The molecule has 0 spiro atoms. The van der Waals surface area contributed by atoms with Crippen molar-refractivity contribution in [1.82, 2.24) is 10.3 Å². The van der Waals surface area contributed by atoms with Crippen LogP contribution in [-0.2, 0) is 17.8 Å². The molecule has 0 radical (unpaired) electrons. The van der Waals surface area contributed by atoms with Crippen molar-refractivity contribution in [3.8, 4) is 5.75 Å². The summed E-state index contributed by atoms with van der Waals surface area (Å²) in [7, 11) is 0. The molecule has 6 nitrogen and oxygen atoms in total. The van der Waals surface area contributed by atoms with Crippen LogP contribution in [0.4, 0.5) is 0 Å². The summed E-state index contributed by atoms with van der Waals surface area (Å²) < 4.78 is 10.4. The van der Waals surface area contributed by atoms with Gasteiger partial charge in [-0.3, -0.25) is 4.79 Å². The molecule has 0 aliphatic rings. The van der Waals surface area contributed by atoms with Gasteiger partial charge in [-0.2, -0.15) is 0 Å². The molecule has 0 amide bonds. The Kier molecular flexibility index (Phi) is 4.00. The van der Waals surface area contributed by atoms with Crippen molar-refractivity contribution in [1.29, 1.82) is 0 Å². The molecular weight excluding hydrogens is 284 g/mol. The number of fused-ring (bicyclic) bond motifs is 1. The zero-order chi connectivity index (χ0) is 15.4. The Labute approximate surface area is 126 Å². The van der Waals surface area contributed by atoms with E-state index >= 15 is 0 Å². The van der Waals surface area contributed by atoms with Gasteiger partial charge in [0.05, 0.1) is 0 Å². The number of rotatable bonds is 6. The van der Waals surface area contributed by atoms with Gasteiger partial charge >= 0.3 is 5.97 Å². The van der Waals surface area contributed by atoms with Crippen LogP contribution in [0.2, 0.25) is 0 Å². The lowest BCUT2D eigenvalue weighted by molar-refractivity contribution is -0.136. The van der Waals surface area contributed by atoms with E-state index in [2.05, 4.69) is 14.9 Å². The number of ether oxygens (including phenoxy) is 1. The van der Waals surface area contributed by atoms with Gasteiger partial charge in [0, 0.05) is 6.42 Å². The summed E-state index contributed by atoms with van der Waals surface area (Å²) >= 11 is 0. The maximum Gasteiger partial charge on any atom is 0.303 e. The Hall–Kier alpha value is -2.89. The third-order valence-electron chi connectivity index (χ3n) is 3.27. The van der Waals surface area contributed by atoms with Crippen LogP contribution in [0.5, 0.6) is 5.75 Å². The quantitative estimate of drug-likeness (QED) is 0.753. The van der Waals surface area contributed by atoms with Crippen LogP contribution in [-0.4, -0.2) is 21.4 Å². The first-order chi connectivity index (χ1) is 10.7. The molecule has 112 valence electrons. The van der Waals surface area contributed by atoms with Crippen molar-refractivity contribution in [3.63, 3.8) is 0 Å². The van der Waals surface area contributed by atoms with Crippen molar-refractivity contribution in [2.45, 2.75) is 19.4 Å². The average molecular weight is 298 g/mol. The van der Waals surface area contributed by atoms with E-state index in [1.807, 2.05) is 42.5 Å². The second kappa shape index (κ2) is 6.26. The number of benzene rings is 2. The van der Waals surface area contributed by atoms with Crippen LogP contribution in [0, 0.1) is 0 Å². The smallest absolute Gasteiger partial charge is 0.303 e. The summed E-state index contributed by atoms with van der Waals surface area (Å²) in [6.07, 6.45) is 0.650. The molecule has 0 saturated carbocycles. The first-order valence-electron chi connectivity index (χ1n) is 6.85. The minimum Gasteiger partial charge on any atom is -0.489 e. The molecule has 0 bridgehead atoms. The maximum absolute atomic E-state index is 10.5. The Balaban J connectivity index is 1.59. The van der Waals surface area contributed by atoms with Crippen LogP contribution in [0.25, 0.3) is 11.0 Å². The molecule has 3 rings (SSSR count). The summed E-state index contributed by atoms with van der Waals surface area (Å²) in [4.78, 5) is 10.5. The highest BCUT2D eigenvalue weighted by atomic mass is 16.6. The molecule has 1 N–H and O–H groups in total. The Bertz CT molecular complexity index is 780. The summed E-state index contributed by atoms with van der Waals surface area (Å²) in [5.74, 6) is -0.0597. The SMILES string of the molecule is O=C(O)CCc1ccc(OCc2ccc3nonc3c2)cc1. The molecule has 0 unspecified atom stereocenters.